The number of ketones is 3. The van der Waals surface area contributed by atoms with Gasteiger partial charge in [0.15, 0.2) is 17.2 Å². The van der Waals surface area contributed by atoms with Crippen LogP contribution in [0.2, 0.25) is 0 Å². The first kappa shape index (κ1) is 29.5. The van der Waals surface area contributed by atoms with Gasteiger partial charge in [-0.05, 0) is 49.9 Å². The van der Waals surface area contributed by atoms with Crippen LogP contribution in [-0.4, -0.2) is 85.0 Å². The van der Waals surface area contributed by atoms with E-state index < -0.39 is 75.4 Å². The van der Waals surface area contributed by atoms with Crippen molar-refractivity contribution in [2.45, 2.75) is 63.7 Å². The molecule has 212 valence electrons. The Hall–Kier alpha value is -2.53. The number of hydrogen-bond acceptors (Lipinski definition) is 9. The van der Waals surface area contributed by atoms with Gasteiger partial charge in [-0.15, -0.1) is 0 Å². The van der Waals surface area contributed by atoms with Crippen molar-refractivity contribution >= 4 is 39.0 Å². The zero-order valence-corrected chi connectivity index (χ0v) is 24.3. The maximum absolute atomic E-state index is 14.1. The van der Waals surface area contributed by atoms with Crippen molar-refractivity contribution in [2.75, 3.05) is 19.4 Å². The molecule has 9 nitrogen and oxygen atoms in total. The number of hydrogen-bond donors (Lipinski definition) is 5. The van der Waals surface area contributed by atoms with Gasteiger partial charge in [-0.25, -0.2) is 0 Å². The van der Waals surface area contributed by atoms with Gasteiger partial charge in [-0.1, -0.05) is 48.8 Å². The number of carbonyl (C=O) groups excluding carboxylic acids is 3. The van der Waals surface area contributed by atoms with E-state index in [2.05, 4.69) is 15.9 Å². The van der Waals surface area contributed by atoms with Gasteiger partial charge in [0.05, 0.1) is 23.6 Å². The molecule has 3 aliphatic carbocycles. The lowest BCUT2D eigenvalue weighted by Crippen LogP contribution is -2.70. The molecule has 1 saturated carbocycles. The molecule has 6 atom stereocenters. The number of carbonyl (C=O) groups is 3. The monoisotopic (exact) mass is 605 g/mol. The largest absolute Gasteiger partial charge is 0.508 e. The highest BCUT2D eigenvalue weighted by atomic mass is 79.9. The van der Waals surface area contributed by atoms with Crippen molar-refractivity contribution in [3.63, 3.8) is 0 Å². The quantitative estimate of drug-likeness (QED) is 0.233. The molecule has 39 heavy (non-hydrogen) atoms. The summed E-state index contributed by atoms with van der Waals surface area (Å²) in [5.41, 5.74) is -3.91. The van der Waals surface area contributed by atoms with Gasteiger partial charge in [0.1, 0.15) is 22.8 Å². The molecule has 0 radical (unpaired) electrons. The summed E-state index contributed by atoms with van der Waals surface area (Å²) >= 11 is 3.37. The maximum Gasteiger partial charge on any atom is 0.202 e. The van der Waals surface area contributed by atoms with Gasteiger partial charge in [0, 0.05) is 23.2 Å². The summed E-state index contributed by atoms with van der Waals surface area (Å²) in [6.07, 6.45) is -0.257. The van der Waals surface area contributed by atoms with Crippen molar-refractivity contribution < 1.29 is 39.9 Å². The lowest BCUT2D eigenvalue weighted by atomic mass is 9.54. The summed E-state index contributed by atoms with van der Waals surface area (Å²) in [4.78, 5) is 42.9. The van der Waals surface area contributed by atoms with Crippen molar-refractivity contribution in [3.8, 4) is 5.75 Å². The summed E-state index contributed by atoms with van der Waals surface area (Å²) in [7, 11) is 3.07. The second-order valence-electron chi connectivity index (χ2n) is 12.0. The van der Waals surface area contributed by atoms with E-state index in [1.165, 1.54) is 25.1 Å². The third-order valence-corrected chi connectivity index (χ3v) is 9.21. The molecular formula is C29H36BrNO8. The van der Waals surface area contributed by atoms with Gasteiger partial charge in [-0.2, -0.15) is 0 Å². The van der Waals surface area contributed by atoms with Crippen LogP contribution in [-0.2, 0) is 14.4 Å². The molecule has 0 saturated heterocycles. The van der Waals surface area contributed by atoms with E-state index in [9.17, 15) is 39.9 Å². The number of phenols is 1. The fourth-order valence-corrected chi connectivity index (χ4v) is 7.04. The van der Waals surface area contributed by atoms with Crippen LogP contribution < -0.4 is 0 Å². The Bertz CT molecular complexity index is 1300. The molecule has 1 aromatic rings. The number of phenolic OH excluding ortho intramolecular Hbond substituents is 1. The van der Waals surface area contributed by atoms with Crippen LogP contribution >= 0.6 is 15.9 Å². The Morgan fingerprint density at radius 1 is 1.15 bits per heavy atom. The highest BCUT2D eigenvalue weighted by molar-refractivity contribution is 9.09. The number of likely N-dealkylation sites (N-methyl/N-ethyl adjacent to an activating group) is 1. The Morgan fingerprint density at radius 2 is 1.79 bits per heavy atom. The molecule has 4 rings (SSSR count). The van der Waals surface area contributed by atoms with Crippen LogP contribution in [0.15, 0.2) is 35.1 Å². The fourth-order valence-electron chi connectivity index (χ4n) is 6.76. The number of halogens is 1. The second kappa shape index (κ2) is 10.1. The van der Waals surface area contributed by atoms with E-state index in [0.29, 0.717) is 12.0 Å². The van der Waals surface area contributed by atoms with E-state index in [-0.39, 0.29) is 23.3 Å². The molecular weight excluding hydrogens is 570 g/mol. The molecule has 10 heteroatoms. The lowest BCUT2D eigenvalue weighted by Gasteiger charge is -2.54. The Labute approximate surface area is 236 Å². The lowest BCUT2D eigenvalue weighted by molar-refractivity contribution is -0.169. The van der Waals surface area contributed by atoms with Gasteiger partial charge in [0.2, 0.25) is 5.78 Å². The summed E-state index contributed by atoms with van der Waals surface area (Å²) < 4.78 is 0. The highest BCUT2D eigenvalue weighted by Crippen LogP contribution is 2.56. The first-order valence-electron chi connectivity index (χ1n) is 13.1. The van der Waals surface area contributed by atoms with Gasteiger partial charge >= 0.3 is 0 Å². The minimum atomic E-state index is -2.85. The Morgan fingerprint density at radius 3 is 2.38 bits per heavy atom. The Balaban J connectivity index is 1.94. The van der Waals surface area contributed by atoms with Crippen LogP contribution in [0, 0.1) is 17.3 Å². The highest BCUT2D eigenvalue weighted by Gasteiger charge is 2.68. The molecule has 0 aromatic heterocycles. The molecule has 5 N–H and O–H groups in total. The second-order valence-corrected chi connectivity index (χ2v) is 12.8. The van der Waals surface area contributed by atoms with Crippen LogP contribution in [0.4, 0.5) is 0 Å². The molecule has 0 unspecified atom stereocenters. The van der Waals surface area contributed by atoms with Crippen LogP contribution in [0.5, 0.6) is 5.75 Å². The predicted molar refractivity (Wildman–Crippen MR) is 148 cm³/mol. The molecule has 0 heterocycles. The van der Waals surface area contributed by atoms with E-state index in [1.54, 1.807) is 19.1 Å². The van der Waals surface area contributed by atoms with Crippen molar-refractivity contribution in [1.29, 1.82) is 0 Å². The molecule has 0 bridgehead atoms. The number of aliphatic hydroxyl groups excluding tert-OH is 3. The average Bonchev–Trinajstić information content (AvgIpc) is 2.84. The van der Waals surface area contributed by atoms with Crippen molar-refractivity contribution in [2.24, 2.45) is 17.3 Å². The fraction of sp³-hybridized carbons (Fsp3) is 0.552. The zero-order valence-electron chi connectivity index (χ0n) is 22.7. The number of nitrogens with zero attached hydrogens (tertiary/aromatic N) is 1. The smallest absolute Gasteiger partial charge is 0.202 e. The molecule has 0 spiro atoms. The van der Waals surface area contributed by atoms with E-state index in [1.807, 2.05) is 13.8 Å². The summed E-state index contributed by atoms with van der Waals surface area (Å²) in [5, 5.41) is 57.5. The van der Waals surface area contributed by atoms with Gasteiger partial charge in [0.25, 0.3) is 0 Å². The number of benzene rings is 1. The molecule has 0 aliphatic heterocycles. The third kappa shape index (κ3) is 4.36. The first-order valence-corrected chi connectivity index (χ1v) is 14.2. The first-order chi connectivity index (χ1) is 18.1. The number of aliphatic hydroxyl groups is 4. The van der Waals surface area contributed by atoms with E-state index >= 15 is 0 Å². The van der Waals surface area contributed by atoms with Crippen LogP contribution in [0.1, 0.15) is 57.1 Å². The van der Waals surface area contributed by atoms with E-state index in [0.717, 1.165) is 11.8 Å². The van der Waals surface area contributed by atoms with Crippen molar-refractivity contribution in [3.05, 3.63) is 46.2 Å². The minimum absolute atomic E-state index is 0.00297. The SMILES string of the molecule is C[C@@H]1c2cccc(O)c2C(O)=C2C(=O)[C@@]3(O)C(O)=C(C(=O)CC(C)(C)CCCBr)C(=O)[C@H](N(C)C)[C@H]3[C@H](O)[C@H]21. The van der Waals surface area contributed by atoms with Crippen LogP contribution in [0.25, 0.3) is 5.76 Å². The topological polar surface area (TPSA) is 156 Å². The van der Waals surface area contributed by atoms with Gasteiger partial charge < -0.3 is 25.5 Å². The molecule has 1 fully saturated rings. The number of aromatic hydroxyl groups is 1. The summed E-state index contributed by atoms with van der Waals surface area (Å²) in [6, 6.07) is 3.27. The average molecular weight is 607 g/mol. The number of alkyl halides is 1. The number of Topliss-reactive ketones (excluding diaryl/α,β-unsaturated/α-hetero) is 3. The van der Waals surface area contributed by atoms with Crippen molar-refractivity contribution in [1.82, 2.24) is 4.90 Å². The van der Waals surface area contributed by atoms with Gasteiger partial charge in [-0.3, -0.25) is 19.3 Å². The third-order valence-electron chi connectivity index (χ3n) is 8.65. The zero-order chi connectivity index (χ0) is 29.2. The number of rotatable bonds is 7. The maximum atomic E-state index is 14.1. The minimum Gasteiger partial charge on any atom is -0.508 e. The summed E-state index contributed by atoms with van der Waals surface area (Å²) in [6.45, 7) is 5.43. The predicted octanol–water partition coefficient (Wildman–Crippen LogP) is 3.17. The molecule has 0 amide bonds. The van der Waals surface area contributed by atoms with Crippen LogP contribution in [0.3, 0.4) is 0 Å². The molecule has 1 aromatic carbocycles. The number of fused-ring (bicyclic) bond motifs is 3. The standard InChI is InChI=1S/C29H36BrNO8/c1-13-14-8-6-9-15(32)18(14)23(34)20-17(13)24(35)21-22(31(4)5)25(36)19(26(37)29(21,39)27(20)38)16(33)12-28(2,3)10-7-11-30/h6,8-9,13,17,21-22,24,32,34-35,37,39H,7,10-12H2,1-5H3/t13-,17+,21+,22-,24-,29+/m1/s1. The van der Waals surface area contributed by atoms with E-state index in [4.69, 9.17) is 0 Å². The Kier molecular flexibility index (Phi) is 7.66. The summed E-state index contributed by atoms with van der Waals surface area (Å²) in [5.74, 6) is -7.76. The normalized spacial score (nSPS) is 30.8. The molecule has 3 aliphatic rings.